The standard InChI is InChI=1S/C19H12F2N2O2/c1-10(23-18(24)11-5-2-3-6-12(11)19(23)25)16-14(20)9-15-13(17(16)21)7-4-8-22-15/h2-10H,1H3/t10-/m1/s1. The number of rotatable bonds is 2. The average molecular weight is 338 g/mol. The molecule has 0 saturated carbocycles. The van der Waals surface area contributed by atoms with Crippen LogP contribution in [0.15, 0.2) is 48.7 Å². The maximum Gasteiger partial charge on any atom is 0.262 e. The molecule has 1 aromatic heterocycles. The normalized spacial score (nSPS) is 14.9. The SMILES string of the molecule is C[C@H](c1c(F)cc2ncccc2c1F)N1C(=O)c2ccccc2C1=O. The molecule has 1 aliphatic heterocycles. The van der Waals surface area contributed by atoms with E-state index in [9.17, 15) is 18.4 Å². The summed E-state index contributed by atoms with van der Waals surface area (Å²) in [4.78, 5) is 29.9. The fraction of sp³-hybridized carbons (Fsp3) is 0.105. The summed E-state index contributed by atoms with van der Waals surface area (Å²) in [5, 5.41) is 0.141. The van der Waals surface area contributed by atoms with Gasteiger partial charge in [-0.15, -0.1) is 0 Å². The summed E-state index contributed by atoms with van der Waals surface area (Å²) < 4.78 is 29.4. The number of imide groups is 1. The number of fused-ring (bicyclic) bond motifs is 2. The van der Waals surface area contributed by atoms with E-state index in [1.54, 1.807) is 18.2 Å². The zero-order valence-electron chi connectivity index (χ0n) is 13.2. The molecule has 0 saturated heterocycles. The molecule has 2 heterocycles. The molecule has 0 bridgehead atoms. The molecule has 4 rings (SSSR count). The number of hydrogen-bond donors (Lipinski definition) is 0. The van der Waals surface area contributed by atoms with Crippen molar-refractivity contribution >= 4 is 22.7 Å². The lowest BCUT2D eigenvalue weighted by molar-refractivity contribution is 0.0591. The van der Waals surface area contributed by atoms with Crippen molar-refractivity contribution in [2.45, 2.75) is 13.0 Å². The van der Waals surface area contributed by atoms with E-state index < -0.39 is 29.5 Å². The van der Waals surface area contributed by atoms with Gasteiger partial charge in [0, 0.05) is 23.2 Å². The number of amides is 2. The van der Waals surface area contributed by atoms with Crippen molar-refractivity contribution < 1.29 is 18.4 Å². The van der Waals surface area contributed by atoms with Crippen LogP contribution in [0.25, 0.3) is 10.9 Å². The van der Waals surface area contributed by atoms with Crippen LogP contribution in [-0.4, -0.2) is 21.7 Å². The fourth-order valence-electron chi connectivity index (χ4n) is 3.24. The largest absolute Gasteiger partial charge is 0.269 e. The topological polar surface area (TPSA) is 50.3 Å². The van der Waals surface area contributed by atoms with Crippen LogP contribution in [0.3, 0.4) is 0 Å². The van der Waals surface area contributed by atoms with Crippen molar-refractivity contribution in [1.82, 2.24) is 9.88 Å². The number of hydrogen-bond acceptors (Lipinski definition) is 3. The summed E-state index contributed by atoms with van der Waals surface area (Å²) >= 11 is 0. The zero-order valence-corrected chi connectivity index (χ0v) is 13.2. The molecule has 6 heteroatoms. The molecule has 0 N–H and O–H groups in total. The van der Waals surface area contributed by atoms with E-state index in [1.165, 1.54) is 31.3 Å². The van der Waals surface area contributed by atoms with Crippen molar-refractivity contribution in [2.24, 2.45) is 0 Å². The zero-order chi connectivity index (χ0) is 17.7. The van der Waals surface area contributed by atoms with Gasteiger partial charge in [0.05, 0.1) is 22.7 Å². The first-order valence-electron chi connectivity index (χ1n) is 7.70. The highest BCUT2D eigenvalue weighted by Gasteiger charge is 2.40. The second kappa shape index (κ2) is 5.44. The van der Waals surface area contributed by atoms with Gasteiger partial charge in [0.2, 0.25) is 0 Å². The molecule has 0 fully saturated rings. The molecule has 25 heavy (non-hydrogen) atoms. The first-order valence-corrected chi connectivity index (χ1v) is 7.70. The summed E-state index contributed by atoms with van der Waals surface area (Å²) in [6, 6.07) is 9.38. The fourth-order valence-corrected chi connectivity index (χ4v) is 3.24. The van der Waals surface area contributed by atoms with Gasteiger partial charge in [-0.25, -0.2) is 8.78 Å². The molecule has 1 atom stereocenters. The summed E-state index contributed by atoms with van der Waals surface area (Å²) in [6.07, 6.45) is 1.44. The van der Waals surface area contributed by atoms with Gasteiger partial charge < -0.3 is 0 Å². The van der Waals surface area contributed by atoms with Crippen LogP contribution in [0.4, 0.5) is 8.78 Å². The lowest BCUT2D eigenvalue weighted by atomic mass is 10.0. The van der Waals surface area contributed by atoms with Crippen LogP contribution in [0.1, 0.15) is 39.2 Å². The quantitative estimate of drug-likeness (QED) is 0.667. The molecule has 0 radical (unpaired) electrons. The van der Waals surface area contributed by atoms with E-state index in [4.69, 9.17) is 0 Å². The number of carbonyl (C=O) groups is 2. The predicted octanol–water partition coefficient (Wildman–Crippen LogP) is 3.87. The maximum atomic E-state index is 14.9. The van der Waals surface area contributed by atoms with E-state index in [1.807, 2.05) is 0 Å². The smallest absolute Gasteiger partial charge is 0.262 e. The minimum Gasteiger partial charge on any atom is -0.269 e. The molecule has 3 aromatic rings. The molecule has 2 amide bonds. The van der Waals surface area contributed by atoms with E-state index in [-0.39, 0.29) is 27.6 Å². The van der Waals surface area contributed by atoms with Crippen molar-refractivity contribution in [3.05, 3.63) is 77.0 Å². The van der Waals surface area contributed by atoms with Gasteiger partial charge >= 0.3 is 0 Å². The molecule has 124 valence electrons. The number of nitrogens with zero attached hydrogens (tertiary/aromatic N) is 2. The van der Waals surface area contributed by atoms with Gasteiger partial charge in [-0.2, -0.15) is 0 Å². The van der Waals surface area contributed by atoms with Crippen LogP contribution < -0.4 is 0 Å². The third-order valence-electron chi connectivity index (χ3n) is 4.46. The van der Waals surface area contributed by atoms with E-state index in [0.717, 1.165) is 11.0 Å². The van der Waals surface area contributed by atoms with Crippen molar-refractivity contribution in [1.29, 1.82) is 0 Å². The Morgan fingerprint density at radius 1 is 1.00 bits per heavy atom. The van der Waals surface area contributed by atoms with Crippen molar-refractivity contribution in [3.8, 4) is 0 Å². The van der Waals surface area contributed by atoms with Gasteiger partial charge in [-0.3, -0.25) is 19.5 Å². The highest BCUT2D eigenvalue weighted by molar-refractivity contribution is 6.21. The Morgan fingerprint density at radius 2 is 1.64 bits per heavy atom. The second-order valence-electron chi connectivity index (χ2n) is 5.86. The molecular weight excluding hydrogens is 326 g/mol. The lowest BCUT2D eigenvalue weighted by Crippen LogP contribution is -2.33. The summed E-state index contributed by atoms with van der Waals surface area (Å²) in [6.45, 7) is 1.44. The minimum atomic E-state index is -1.09. The van der Waals surface area contributed by atoms with Gasteiger partial charge in [-0.05, 0) is 31.2 Å². The van der Waals surface area contributed by atoms with Crippen molar-refractivity contribution in [3.63, 3.8) is 0 Å². The summed E-state index contributed by atoms with van der Waals surface area (Å²) in [5.41, 5.74) is 0.330. The molecule has 2 aromatic carbocycles. The van der Waals surface area contributed by atoms with E-state index in [2.05, 4.69) is 4.98 Å². The Labute approximate surface area is 141 Å². The average Bonchev–Trinajstić information content (AvgIpc) is 2.86. The van der Waals surface area contributed by atoms with Crippen LogP contribution in [0.5, 0.6) is 0 Å². The molecule has 1 aliphatic rings. The molecule has 4 nitrogen and oxygen atoms in total. The highest BCUT2D eigenvalue weighted by atomic mass is 19.1. The summed E-state index contributed by atoms with van der Waals surface area (Å²) in [5.74, 6) is -2.77. The van der Waals surface area contributed by atoms with E-state index >= 15 is 0 Å². The molecule has 0 spiro atoms. The molecular formula is C19H12F2N2O2. The van der Waals surface area contributed by atoms with Crippen LogP contribution in [0.2, 0.25) is 0 Å². The Hall–Kier alpha value is -3.15. The Morgan fingerprint density at radius 3 is 2.28 bits per heavy atom. The minimum absolute atomic E-state index is 0.141. The van der Waals surface area contributed by atoms with Gasteiger partial charge in [0.15, 0.2) is 0 Å². The van der Waals surface area contributed by atoms with E-state index in [0.29, 0.717) is 0 Å². The Kier molecular flexibility index (Phi) is 3.35. The number of carbonyl (C=O) groups excluding carboxylic acids is 2. The number of halogens is 2. The van der Waals surface area contributed by atoms with Gasteiger partial charge in [0.25, 0.3) is 11.8 Å². The number of pyridine rings is 1. The van der Waals surface area contributed by atoms with Crippen LogP contribution >= 0.6 is 0 Å². The first kappa shape index (κ1) is 15.4. The number of aromatic nitrogens is 1. The van der Waals surface area contributed by atoms with Crippen molar-refractivity contribution in [2.75, 3.05) is 0 Å². The second-order valence-corrected chi connectivity index (χ2v) is 5.86. The predicted molar refractivity (Wildman–Crippen MR) is 87.0 cm³/mol. The van der Waals surface area contributed by atoms with Gasteiger partial charge in [0.1, 0.15) is 11.6 Å². The lowest BCUT2D eigenvalue weighted by Gasteiger charge is -2.24. The van der Waals surface area contributed by atoms with Crippen LogP contribution in [0, 0.1) is 11.6 Å². The van der Waals surface area contributed by atoms with Crippen LogP contribution in [-0.2, 0) is 0 Å². The highest BCUT2D eigenvalue weighted by Crippen LogP contribution is 2.35. The van der Waals surface area contributed by atoms with Gasteiger partial charge in [-0.1, -0.05) is 12.1 Å². The molecule has 0 unspecified atom stereocenters. The Bertz CT molecular complexity index is 1010. The first-order chi connectivity index (χ1) is 12.0. The summed E-state index contributed by atoms with van der Waals surface area (Å²) in [7, 11) is 0. The third-order valence-corrected chi connectivity index (χ3v) is 4.46. The third kappa shape index (κ3) is 2.14. The number of benzene rings is 2. The maximum absolute atomic E-state index is 14.9. The monoisotopic (exact) mass is 338 g/mol. The Balaban J connectivity index is 1.85. The molecule has 0 aliphatic carbocycles.